The van der Waals surface area contributed by atoms with Crippen molar-refractivity contribution in [1.82, 2.24) is 35.3 Å². The second-order valence-electron chi connectivity index (χ2n) is 10.4. The van der Waals surface area contributed by atoms with E-state index in [-0.39, 0.29) is 30.3 Å². The molecule has 2 aromatic heterocycles. The van der Waals surface area contributed by atoms with Gasteiger partial charge < -0.3 is 15.4 Å². The molecule has 2 amide bonds. The zero-order chi connectivity index (χ0) is 28.6. The Balaban J connectivity index is 1.47. The highest BCUT2D eigenvalue weighted by atomic mass is 16.5. The van der Waals surface area contributed by atoms with Gasteiger partial charge in [-0.05, 0) is 35.7 Å². The van der Waals surface area contributed by atoms with Gasteiger partial charge in [0.2, 0.25) is 5.91 Å². The second-order valence-corrected chi connectivity index (χ2v) is 10.4. The minimum Gasteiger partial charge on any atom is -0.492 e. The average molecular weight is 554 g/mol. The van der Waals surface area contributed by atoms with E-state index in [4.69, 9.17) is 14.8 Å². The van der Waals surface area contributed by atoms with Crippen LogP contribution in [0.2, 0.25) is 0 Å². The van der Waals surface area contributed by atoms with E-state index in [9.17, 15) is 9.59 Å². The van der Waals surface area contributed by atoms with Crippen LogP contribution in [0.3, 0.4) is 0 Å². The number of nitrogens with zero attached hydrogens (tertiary/aromatic N) is 5. The SMILES string of the molecule is CC(C)[C@@H]1NC(=O)CN(Cc2cccnc2)CCNC(=O)c2cccc(c2)OCCn2nc(-c3ccccc3)nc21. The van der Waals surface area contributed by atoms with Gasteiger partial charge in [0, 0.05) is 43.2 Å². The first kappa shape index (κ1) is 28.0. The summed E-state index contributed by atoms with van der Waals surface area (Å²) in [6.45, 7) is 6.35. The summed E-state index contributed by atoms with van der Waals surface area (Å²) in [4.78, 5) is 37.5. The number of pyridine rings is 1. The van der Waals surface area contributed by atoms with Crippen LogP contribution >= 0.6 is 0 Å². The summed E-state index contributed by atoms with van der Waals surface area (Å²) in [6, 6.07) is 20.4. The Morgan fingerprint density at radius 3 is 2.61 bits per heavy atom. The van der Waals surface area contributed by atoms with Crippen LogP contribution < -0.4 is 15.4 Å². The fourth-order valence-corrected chi connectivity index (χ4v) is 4.78. The highest BCUT2D eigenvalue weighted by Gasteiger charge is 2.26. The average Bonchev–Trinajstić information content (AvgIpc) is 3.40. The Morgan fingerprint density at radius 2 is 1.83 bits per heavy atom. The lowest BCUT2D eigenvalue weighted by atomic mass is 10.0. The topological polar surface area (TPSA) is 114 Å². The summed E-state index contributed by atoms with van der Waals surface area (Å²) in [5.74, 6) is 1.57. The fraction of sp³-hybridized carbons (Fsp3) is 0.323. The molecule has 0 aliphatic carbocycles. The maximum absolute atomic E-state index is 13.5. The van der Waals surface area contributed by atoms with Crippen LogP contribution in [0.5, 0.6) is 5.75 Å². The molecule has 2 N–H and O–H groups in total. The number of carbonyl (C=O) groups is 2. The molecule has 0 spiro atoms. The van der Waals surface area contributed by atoms with Crippen molar-refractivity contribution in [2.45, 2.75) is 33.0 Å². The lowest BCUT2D eigenvalue weighted by Crippen LogP contribution is -2.43. The van der Waals surface area contributed by atoms with Crippen LogP contribution in [0.1, 0.15) is 41.6 Å². The molecule has 10 nitrogen and oxygen atoms in total. The summed E-state index contributed by atoms with van der Waals surface area (Å²) in [7, 11) is 0. The number of hydrogen-bond donors (Lipinski definition) is 2. The first-order valence-corrected chi connectivity index (χ1v) is 13.9. The molecule has 10 heteroatoms. The number of ether oxygens (including phenoxy) is 1. The van der Waals surface area contributed by atoms with E-state index in [0.717, 1.165) is 11.1 Å². The highest BCUT2D eigenvalue weighted by molar-refractivity contribution is 5.94. The summed E-state index contributed by atoms with van der Waals surface area (Å²) >= 11 is 0. The fourth-order valence-electron chi connectivity index (χ4n) is 4.78. The lowest BCUT2D eigenvalue weighted by molar-refractivity contribution is -0.123. The first-order valence-electron chi connectivity index (χ1n) is 13.9. The maximum atomic E-state index is 13.5. The normalized spacial score (nSPS) is 17.2. The van der Waals surface area contributed by atoms with E-state index in [2.05, 4.69) is 29.5 Å². The molecule has 3 heterocycles. The third-order valence-corrected chi connectivity index (χ3v) is 6.87. The van der Waals surface area contributed by atoms with Gasteiger partial charge in [-0.15, -0.1) is 0 Å². The standard InChI is InChI=1S/C31H35N7O3/c1-22(2)28-30-35-29(24-9-4-3-5-10-24)36-38(30)16-17-41-26-12-6-11-25(18-26)31(40)33-14-15-37(21-27(39)34-28)20-23-8-7-13-32-19-23/h3-13,18-19,22,28H,14-17,20-21H2,1-2H3,(H,33,40)(H,34,39)/t28-/m0/s1. The number of aromatic nitrogens is 4. The van der Waals surface area contributed by atoms with Crippen molar-refractivity contribution in [3.63, 3.8) is 0 Å². The van der Waals surface area contributed by atoms with Crippen molar-refractivity contribution in [1.29, 1.82) is 0 Å². The largest absolute Gasteiger partial charge is 0.492 e. The molecule has 2 bridgehead atoms. The Bertz CT molecular complexity index is 1460. The summed E-state index contributed by atoms with van der Waals surface area (Å²) < 4.78 is 7.84. The Hall–Kier alpha value is -4.57. The van der Waals surface area contributed by atoms with Crippen molar-refractivity contribution in [2.75, 3.05) is 26.2 Å². The number of hydrogen-bond acceptors (Lipinski definition) is 7. The predicted octanol–water partition coefficient (Wildman–Crippen LogP) is 3.48. The molecule has 0 saturated carbocycles. The van der Waals surface area contributed by atoms with Crippen molar-refractivity contribution < 1.29 is 14.3 Å². The monoisotopic (exact) mass is 553 g/mol. The summed E-state index contributed by atoms with van der Waals surface area (Å²) in [5.41, 5.74) is 2.39. The van der Waals surface area contributed by atoms with Gasteiger partial charge in [0.05, 0.1) is 19.1 Å². The molecule has 5 rings (SSSR count). The van der Waals surface area contributed by atoms with Gasteiger partial charge in [-0.2, -0.15) is 5.10 Å². The van der Waals surface area contributed by atoms with Crippen molar-refractivity contribution in [3.05, 3.63) is 96.1 Å². The molecule has 4 aromatic rings. The number of rotatable bonds is 4. The van der Waals surface area contributed by atoms with Gasteiger partial charge in [-0.1, -0.05) is 56.3 Å². The van der Waals surface area contributed by atoms with E-state index in [1.54, 1.807) is 30.6 Å². The molecule has 1 atom stereocenters. The molecule has 0 fully saturated rings. The number of benzene rings is 2. The van der Waals surface area contributed by atoms with Crippen molar-refractivity contribution in [2.24, 2.45) is 5.92 Å². The third kappa shape index (κ3) is 7.34. The van der Waals surface area contributed by atoms with Crippen LogP contribution in [0, 0.1) is 5.92 Å². The minimum atomic E-state index is -0.369. The van der Waals surface area contributed by atoms with Gasteiger partial charge in [0.25, 0.3) is 5.91 Å². The predicted molar refractivity (Wildman–Crippen MR) is 155 cm³/mol. The molecule has 0 saturated heterocycles. The number of carbonyl (C=O) groups excluding carboxylic acids is 2. The van der Waals surface area contributed by atoms with E-state index in [0.29, 0.717) is 55.7 Å². The Labute approximate surface area is 239 Å². The van der Waals surface area contributed by atoms with Crippen LogP contribution in [0.4, 0.5) is 0 Å². The zero-order valence-corrected chi connectivity index (χ0v) is 23.4. The molecule has 0 unspecified atom stereocenters. The van der Waals surface area contributed by atoms with Gasteiger partial charge in [-0.3, -0.25) is 19.5 Å². The minimum absolute atomic E-state index is 0.0521. The van der Waals surface area contributed by atoms with Crippen molar-refractivity contribution >= 4 is 11.8 Å². The Kier molecular flexibility index (Phi) is 9.00. The number of nitrogens with one attached hydrogen (secondary N) is 2. The summed E-state index contributed by atoms with van der Waals surface area (Å²) in [5, 5.41) is 11.0. The van der Waals surface area contributed by atoms with E-state index >= 15 is 0 Å². The van der Waals surface area contributed by atoms with E-state index in [1.165, 1.54) is 0 Å². The second kappa shape index (κ2) is 13.2. The molecule has 2 aromatic carbocycles. The molecule has 41 heavy (non-hydrogen) atoms. The summed E-state index contributed by atoms with van der Waals surface area (Å²) in [6.07, 6.45) is 3.51. The molecule has 0 radical (unpaired) electrons. The maximum Gasteiger partial charge on any atom is 0.251 e. The third-order valence-electron chi connectivity index (χ3n) is 6.87. The van der Waals surface area contributed by atoms with Crippen molar-refractivity contribution in [3.8, 4) is 17.1 Å². The number of fused-ring (bicyclic) bond motifs is 3. The van der Waals surface area contributed by atoms with Gasteiger partial charge >= 0.3 is 0 Å². The quantitative estimate of drug-likeness (QED) is 0.398. The van der Waals surface area contributed by atoms with Gasteiger partial charge in [-0.25, -0.2) is 9.67 Å². The number of amides is 2. The van der Waals surface area contributed by atoms with E-state index in [1.807, 2.05) is 58.1 Å². The molecular weight excluding hydrogens is 518 g/mol. The molecular formula is C31H35N7O3. The van der Waals surface area contributed by atoms with Crippen LogP contribution in [-0.4, -0.2) is 62.7 Å². The van der Waals surface area contributed by atoms with Crippen LogP contribution in [0.25, 0.3) is 11.4 Å². The lowest BCUT2D eigenvalue weighted by Gasteiger charge is -2.26. The first-order chi connectivity index (χ1) is 20.0. The van der Waals surface area contributed by atoms with Gasteiger partial charge in [0.1, 0.15) is 12.4 Å². The zero-order valence-electron chi connectivity index (χ0n) is 23.4. The highest BCUT2D eigenvalue weighted by Crippen LogP contribution is 2.24. The molecule has 1 aliphatic heterocycles. The van der Waals surface area contributed by atoms with Crippen LogP contribution in [-0.2, 0) is 17.9 Å². The smallest absolute Gasteiger partial charge is 0.251 e. The Morgan fingerprint density at radius 1 is 1.00 bits per heavy atom. The van der Waals surface area contributed by atoms with E-state index < -0.39 is 0 Å². The molecule has 212 valence electrons. The van der Waals surface area contributed by atoms with Gasteiger partial charge in [0.15, 0.2) is 11.6 Å². The molecule has 1 aliphatic rings. The van der Waals surface area contributed by atoms with Crippen LogP contribution in [0.15, 0.2) is 79.1 Å².